The van der Waals surface area contributed by atoms with Gasteiger partial charge in [0.1, 0.15) is 11.3 Å². The molecule has 3 amide bonds. The van der Waals surface area contributed by atoms with Crippen LogP contribution in [0.4, 0.5) is 13.6 Å². The smallest absolute Gasteiger partial charge is 0.387 e. The second-order valence-electron chi connectivity index (χ2n) is 6.15. The maximum atomic E-state index is 12.4. The molecule has 0 fully saturated rings. The van der Waals surface area contributed by atoms with Gasteiger partial charge < -0.3 is 20.7 Å². The Morgan fingerprint density at radius 2 is 1.80 bits per heavy atom. The first-order chi connectivity index (χ1) is 11.7. The van der Waals surface area contributed by atoms with Crippen LogP contribution in [0.1, 0.15) is 45.7 Å². The third kappa shape index (κ3) is 6.94. The van der Waals surface area contributed by atoms with Crippen LogP contribution in [0.15, 0.2) is 24.3 Å². The average molecular weight is 357 g/mol. The monoisotopic (exact) mass is 357 g/mol. The van der Waals surface area contributed by atoms with Crippen LogP contribution in [-0.4, -0.2) is 30.6 Å². The lowest BCUT2D eigenvalue weighted by atomic mass is 10.0. The highest BCUT2D eigenvalue weighted by molar-refractivity contribution is 5.90. The summed E-state index contributed by atoms with van der Waals surface area (Å²) in [6.45, 7) is 4.52. The number of amides is 3. The van der Waals surface area contributed by atoms with E-state index in [1.54, 1.807) is 32.9 Å². The highest BCUT2D eigenvalue weighted by atomic mass is 19.3. The molecule has 0 radical (unpaired) electrons. The summed E-state index contributed by atoms with van der Waals surface area (Å²) in [5.74, 6) is -0.313. The Kier molecular flexibility index (Phi) is 7.60. The van der Waals surface area contributed by atoms with Crippen LogP contribution >= 0.6 is 0 Å². The summed E-state index contributed by atoms with van der Waals surface area (Å²) in [5, 5.41) is 8.05. The van der Waals surface area contributed by atoms with Gasteiger partial charge in [0.15, 0.2) is 0 Å². The zero-order valence-corrected chi connectivity index (χ0v) is 14.9. The van der Waals surface area contributed by atoms with Crippen LogP contribution in [-0.2, 0) is 4.79 Å². The Morgan fingerprint density at radius 1 is 1.20 bits per heavy atom. The van der Waals surface area contributed by atoms with Gasteiger partial charge in [-0.05, 0) is 44.9 Å². The Bertz CT molecular complexity index is 577. The number of rotatable bonds is 8. The predicted octanol–water partition coefficient (Wildman–Crippen LogP) is 2.95. The third-order valence-electron chi connectivity index (χ3n) is 3.48. The predicted molar refractivity (Wildman–Crippen MR) is 90.5 cm³/mol. The van der Waals surface area contributed by atoms with E-state index in [4.69, 9.17) is 0 Å². The quantitative estimate of drug-likeness (QED) is 0.669. The summed E-state index contributed by atoms with van der Waals surface area (Å²) in [6, 6.07) is 5.22. The van der Waals surface area contributed by atoms with E-state index < -0.39 is 18.2 Å². The molecule has 1 rings (SSSR count). The molecule has 0 aliphatic rings. The van der Waals surface area contributed by atoms with E-state index in [2.05, 4.69) is 20.7 Å². The molecule has 0 aromatic heterocycles. The molecule has 6 nitrogen and oxygen atoms in total. The van der Waals surface area contributed by atoms with Crippen molar-refractivity contribution >= 4 is 11.9 Å². The van der Waals surface area contributed by atoms with Gasteiger partial charge in [0.2, 0.25) is 5.91 Å². The van der Waals surface area contributed by atoms with Gasteiger partial charge in [-0.1, -0.05) is 19.1 Å². The maximum absolute atomic E-state index is 12.4. The topological polar surface area (TPSA) is 79.5 Å². The Labute approximate surface area is 146 Å². The molecule has 0 unspecified atom stereocenters. The van der Waals surface area contributed by atoms with Gasteiger partial charge in [-0.25, -0.2) is 4.79 Å². The first-order valence-electron chi connectivity index (χ1n) is 8.07. The van der Waals surface area contributed by atoms with Crippen molar-refractivity contribution in [3.63, 3.8) is 0 Å². The van der Waals surface area contributed by atoms with E-state index >= 15 is 0 Å². The van der Waals surface area contributed by atoms with Crippen LogP contribution in [0.2, 0.25) is 0 Å². The van der Waals surface area contributed by atoms with Gasteiger partial charge >= 0.3 is 12.6 Å². The van der Waals surface area contributed by atoms with Crippen LogP contribution in [0.25, 0.3) is 0 Å². The maximum Gasteiger partial charge on any atom is 0.387 e. The minimum atomic E-state index is -2.88. The SMILES string of the molecule is CCCNC(=O)NC(C)(C)C(=O)N[C@H](C)c1ccc(OC(F)F)cc1. The molecule has 0 saturated carbocycles. The number of urea groups is 1. The molecule has 140 valence electrons. The number of hydrogen-bond acceptors (Lipinski definition) is 3. The highest BCUT2D eigenvalue weighted by Crippen LogP contribution is 2.19. The first-order valence-corrected chi connectivity index (χ1v) is 8.07. The van der Waals surface area contributed by atoms with Crippen LogP contribution in [0.5, 0.6) is 5.75 Å². The summed E-state index contributed by atoms with van der Waals surface area (Å²) in [4.78, 5) is 24.1. The molecule has 1 aromatic rings. The molecule has 0 bridgehead atoms. The summed E-state index contributed by atoms with van der Waals surface area (Å²) in [6.07, 6.45) is 0.794. The molecule has 0 saturated heterocycles. The molecule has 8 heteroatoms. The molecule has 0 aliphatic carbocycles. The Balaban J connectivity index is 2.63. The van der Waals surface area contributed by atoms with E-state index in [0.29, 0.717) is 6.54 Å². The first kappa shape index (κ1) is 20.7. The number of ether oxygens (including phenoxy) is 1. The molecule has 0 aliphatic heterocycles. The second-order valence-corrected chi connectivity index (χ2v) is 6.15. The van der Waals surface area contributed by atoms with Crippen molar-refractivity contribution in [2.75, 3.05) is 6.54 Å². The Morgan fingerprint density at radius 3 is 2.32 bits per heavy atom. The summed E-state index contributed by atoms with van der Waals surface area (Å²) in [7, 11) is 0. The molecular formula is C17H25F2N3O3. The van der Waals surface area contributed by atoms with Crippen molar-refractivity contribution in [3.8, 4) is 5.75 Å². The lowest BCUT2D eigenvalue weighted by Crippen LogP contribution is -2.57. The van der Waals surface area contributed by atoms with Crippen LogP contribution in [0, 0.1) is 0 Å². The molecule has 1 atom stereocenters. The highest BCUT2D eigenvalue weighted by Gasteiger charge is 2.30. The van der Waals surface area contributed by atoms with E-state index in [-0.39, 0.29) is 17.7 Å². The van der Waals surface area contributed by atoms with Crippen LogP contribution in [0.3, 0.4) is 0 Å². The van der Waals surface area contributed by atoms with Gasteiger partial charge in [0.05, 0.1) is 6.04 Å². The van der Waals surface area contributed by atoms with Gasteiger partial charge in [-0.2, -0.15) is 8.78 Å². The van der Waals surface area contributed by atoms with E-state index in [1.807, 2.05) is 6.92 Å². The van der Waals surface area contributed by atoms with Crippen molar-refractivity contribution in [2.24, 2.45) is 0 Å². The minimum absolute atomic E-state index is 0.0480. The zero-order valence-electron chi connectivity index (χ0n) is 14.9. The summed E-state index contributed by atoms with van der Waals surface area (Å²) < 4.78 is 28.6. The average Bonchev–Trinajstić information content (AvgIpc) is 2.52. The summed E-state index contributed by atoms with van der Waals surface area (Å²) >= 11 is 0. The normalized spacial score (nSPS) is 12.4. The van der Waals surface area contributed by atoms with Crippen molar-refractivity contribution in [1.82, 2.24) is 16.0 Å². The fraction of sp³-hybridized carbons (Fsp3) is 0.529. The number of hydrogen-bond donors (Lipinski definition) is 3. The van der Waals surface area contributed by atoms with Gasteiger partial charge in [-0.15, -0.1) is 0 Å². The molecule has 0 spiro atoms. The number of nitrogens with one attached hydrogen (secondary N) is 3. The number of carbonyl (C=O) groups is 2. The number of benzene rings is 1. The lowest BCUT2D eigenvalue weighted by molar-refractivity contribution is -0.126. The van der Waals surface area contributed by atoms with E-state index in [9.17, 15) is 18.4 Å². The number of alkyl halides is 2. The molecule has 25 heavy (non-hydrogen) atoms. The fourth-order valence-corrected chi connectivity index (χ4v) is 2.02. The largest absolute Gasteiger partial charge is 0.435 e. The van der Waals surface area contributed by atoms with Crippen molar-refractivity contribution in [3.05, 3.63) is 29.8 Å². The molecular weight excluding hydrogens is 332 g/mol. The molecule has 1 aromatic carbocycles. The molecule has 0 heterocycles. The van der Waals surface area contributed by atoms with Crippen molar-refractivity contribution < 1.29 is 23.1 Å². The van der Waals surface area contributed by atoms with Gasteiger partial charge in [-0.3, -0.25) is 4.79 Å². The Hall–Kier alpha value is -2.38. The fourth-order valence-electron chi connectivity index (χ4n) is 2.02. The lowest BCUT2D eigenvalue weighted by Gasteiger charge is -2.27. The van der Waals surface area contributed by atoms with Gasteiger partial charge in [0, 0.05) is 6.54 Å². The number of halogens is 2. The second kappa shape index (κ2) is 9.19. The summed E-state index contributed by atoms with van der Waals surface area (Å²) in [5.41, 5.74) is -0.383. The van der Waals surface area contributed by atoms with E-state index in [0.717, 1.165) is 12.0 Å². The zero-order chi connectivity index (χ0) is 19.0. The van der Waals surface area contributed by atoms with E-state index in [1.165, 1.54) is 12.1 Å². The minimum Gasteiger partial charge on any atom is -0.435 e. The van der Waals surface area contributed by atoms with Crippen LogP contribution < -0.4 is 20.7 Å². The van der Waals surface area contributed by atoms with Gasteiger partial charge in [0.25, 0.3) is 0 Å². The number of carbonyl (C=O) groups excluding carboxylic acids is 2. The third-order valence-corrected chi connectivity index (χ3v) is 3.48. The van der Waals surface area contributed by atoms with Crippen molar-refractivity contribution in [1.29, 1.82) is 0 Å². The molecule has 3 N–H and O–H groups in total. The standard InChI is InChI=1S/C17H25F2N3O3/c1-5-10-20-16(24)22-17(3,4)14(23)21-11(2)12-6-8-13(9-7-12)25-15(18)19/h6-9,11,15H,5,10H2,1-4H3,(H,21,23)(H2,20,22,24)/t11-/m1/s1. The van der Waals surface area contributed by atoms with Crippen molar-refractivity contribution in [2.45, 2.75) is 52.3 Å².